The smallest absolute Gasteiger partial charge is 0.140 e. The second-order valence-electron chi connectivity index (χ2n) is 5.84. The SMILES string of the molecule is Cc1ccc(OCc2nc(C(C)C)c(C(C)N)s2)cc1C. The lowest BCUT2D eigenvalue weighted by molar-refractivity contribution is 0.305. The van der Waals surface area contributed by atoms with Gasteiger partial charge in [-0.1, -0.05) is 19.9 Å². The average Bonchev–Trinajstić information content (AvgIpc) is 2.85. The number of hydrogen-bond donors (Lipinski definition) is 1. The first-order valence-corrected chi connectivity index (χ1v) is 8.15. The first kappa shape index (κ1) is 16.0. The normalized spacial score (nSPS) is 12.7. The zero-order chi connectivity index (χ0) is 15.6. The summed E-state index contributed by atoms with van der Waals surface area (Å²) in [5, 5.41) is 0.990. The molecule has 0 fully saturated rings. The Balaban J connectivity index is 2.12. The summed E-state index contributed by atoms with van der Waals surface area (Å²) in [6.07, 6.45) is 0. The zero-order valence-corrected chi connectivity index (χ0v) is 14.3. The Bertz CT molecular complexity index is 592. The van der Waals surface area contributed by atoms with Gasteiger partial charge in [0, 0.05) is 10.9 Å². The molecule has 0 aliphatic rings. The van der Waals surface area contributed by atoms with Crippen LogP contribution in [0.5, 0.6) is 5.75 Å². The maximum Gasteiger partial charge on any atom is 0.140 e. The largest absolute Gasteiger partial charge is 0.486 e. The van der Waals surface area contributed by atoms with Crippen LogP contribution in [-0.2, 0) is 6.61 Å². The third kappa shape index (κ3) is 3.83. The maximum absolute atomic E-state index is 6.04. The fourth-order valence-corrected chi connectivity index (χ4v) is 3.23. The van der Waals surface area contributed by atoms with Crippen LogP contribution in [-0.4, -0.2) is 4.98 Å². The van der Waals surface area contributed by atoms with Crippen LogP contribution in [0.15, 0.2) is 18.2 Å². The van der Waals surface area contributed by atoms with Gasteiger partial charge in [0.15, 0.2) is 0 Å². The second-order valence-corrected chi connectivity index (χ2v) is 6.95. The average molecular weight is 304 g/mol. The van der Waals surface area contributed by atoms with Gasteiger partial charge in [-0.15, -0.1) is 11.3 Å². The number of hydrogen-bond acceptors (Lipinski definition) is 4. The number of ether oxygens (including phenoxy) is 1. The number of aryl methyl sites for hydroxylation is 2. The molecule has 1 heterocycles. The molecule has 1 aromatic heterocycles. The lowest BCUT2D eigenvalue weighted by atomic mass is 10.1. The quantitative estimate of drug-likeness (QED) is 0.886. The Labute approximate surface area is 131 Å². The van der Waals surface area contributed by atoms with Crippen molar-refractivity contribution in [3.05, 3.63) is 44.9 Å². The van der Waals surface area contributed by atoms with Gasteiger partial charge in [-0.2, -0.15) is 0 Å². The van der Waals surface area contributed by atoms with Crippen molar-refractivity contribution in [3.63, 3.8) is 0 Å². The number of nitrogens with zero attached hydrogens (tertiary/aromatic N) is 1. The van der Waals surface area contributed by atoms with E-state index in [1.807, 2.05) is 13.0 Å². The molecule has 2 rings (SSSR count). The third-order valence-corrected chi connectivity index (χ3v) is 4.77. The van der Waals surface area contributed by atoms with E-state index in [4.69, 9.17) is 15.5 Å². The Morgan fingerprint density at radius 2 is 1.90 bits per heavy atom. The van der Waals surface area contributed by atoms with E-state index < -0.39 is 0 Å². The minimum Gasteiger partial charge on any atom is -0.486 e. The summed E-state index contributed by atoms with van der Waals surface area (Å²) >= 11 is 1.66. The molecule has 0 aliphatic carbocycles. The molecule has 0 radical (unpaired) electrons. The Morgan fingerprint density at radius 3 is 2.43 bits per heavy atom. The molecule has 0 saturated carbocycles. The monoisotopic (exact) mass is 304 g/mol. The van der Waals surface area contributed by atoms with Gasteiger partial charge in [-0.05, 0) is 49.9 Å². The summed E-state index contributed by atoms with van der Waals surface area (Å²) in [7, 11) is 0. The van der Waals surface area contributed by atoms with Crippen LogP contribution in [0, 0.1) is 13.8 Å². The molecule has 3 nitrogen and oxygen atoms in total. The molecule has 21 heavy (non-hydrogen) atoms. The molecule has 0 saturated heterocycles. The van der Waals surface area contributed by atoms with Gasteiger partial charge in [0.1, 0.15) is 17.4 Å². The summed E-state index contributed by atoms with van der Waals surface area (Å²) in [6.45, 7) is 11.0. The summed E-state index contributed by atoms with van der Waals surface area (Å²) < 4.78 is 5.86. The summed E-state index contributed by atoms with van der Waals surface area (Å²) in [4.78, 5) is 5.87. The number of thiazole rings is 1. The molecule has 1 atom stereocenters. The molecule has 1 unspecified atom stereocenters. The fraction of sp³-hybridized carbons (Fsp3) is 0.471. The lowest BCUT2D eigenvalue weighted by Gasteiger charge is -2.07. The number of rotatable bonds is 5. The first-order chi connectivity index (χ1) is 9.88. The van der Waals surface area contributed by atoms with Gasteiger partial charge in [-0.3, -0.25) is 0 Å². The molecule has 114 valence electrons. The first-order valence-electron chi connectivity index (χ1n) is 7.33. The van der Waals surface area contributed by atoms with Crippen molar-refractivity contribution >= 4 is 11.3 Å². The van der Waals surface area contributed by atoms with Gasteiger partial charge in [0.2, 0.25) is 0 Å². The van der Waals surface area contributed by atoms with E-state index in [0.717, 1.165) is 16.5 Å². The van der Waals surface area contributed by atoms with Crippen LogP contribution in [0.1, 0.15) is 59.4 Å². The van der Waals surface area contributed by atoms with E-state index in [1.54, 1.807) is 11.3 Å². The standard InChI is InChI=1S/C17H24N2OS/c1-10(2)16-17(13(5)18)21-15(19-16)9-20-14-7-6-11(3)12(4)8-14/h6-8,10,13H,9,18H2,1-5H3. The molecule has 0 spiro atoms. The van der Waals surface area contributed by atoms with Gasteiger partial charge in [0.05, 0.1) is 5.69 Å². The van der Waals surface area contributed by atoms with Crippen molar-refractivity contribution in [2.75, 3.05) is 0 Å². The zero-order valence-electron chi connectivity index (χ0n) is 13.4. The van der Waals surface area contributed by atoms with Crippen LogP contribution < -0.4 is 10.5 Å². The molecule has 2 N–H and O–H groups in total. The van der Waals surface area contributed by atoms with Crippen LogP contribution >= 0.6 is 11.3 Å². The number of benzene rings is 1. The van der Waals surface area contributed by atoms with E-state index in [-0.39, 0.29) is 6.04 Å². The third-order valence-electron chi connectivity index (χ3n) is 3.53. The Kier molecular flexibility index (Phi) is 5.01. The summed E-state index contributed by atoms with van der Waals surface area (Å²) in [6, 6.07) is 6.18. The minimum atomic E-state index is 0.0234. The van der Waals surface area contributed by atoms with Crippen molar-refractivity contribution in [3.8, 4) is 5.75 Å². The predicted octanol–water partition coefficient (Wildman–Crippen LogP) is 4.48. The fourth-order valence-electron chi connectivity index (χ4n) is 2.14. The van der Waals surface area contributed by atoms with Crippen LogP contribution in [0.3, 0.4) is 0 Å². The summed E-state index contributed by atoms with van der Waals surface area (Å²) in [5.41, 5.74) is 9.66. The van der Waals surface area contributed by atoms with Crippen molar-refractivity contribution in [1.82, 2.24) is 4.98 Å². The van der Waals surface area contributed by atoms with Crippen LogP contribution in [0.25, 0.3) is 0 Å². The van der Waals surface area contributed by atoms with Gasteiger partial charge in [0.25, 0.3) is 0 Å². The lowest BCUT2D eigenvalue weighted by Crippen LogP contribution is -2.06. The molecule has 4 heteroatoms. The highest BCUT2D eigenvalue weighted by Gasteiger charge is 2.17. The predicted molar refractivity (Wildman–Crippen MR) is 89.1 cm³/mol. The summed E-state index contributed by atoms with van der Waals surface area (Å²) in [5.74, 6) is 1.28. The van der Waals surface area contributed by atoms with E-state index in [1.165, 1.54) is 16.0 Å². The van der Waals surface area contributed by atoms with Crippen molar-refractivity contribution in [1.29, 1.82) is 0 Å². The van der Waals surface area contributed by atoms with Crippen LogP contribution in [0.4, 0.5) is 0 Å². The van der Waals surface area contributed by atoms with Crippen LogP contribution in [0.2, 0.25) is 0 Å². The van der Waals surface area contributed by atoms with Crippen molar-refractivity contribution in [2.24, 2.45) is 5.73 Å². The van der Waals surface area contributed by atoms with Gasteiger partial charge in [-0.25, -0.2) is 4.98 Å². The van der Waals surface area contributed by atoms with E-state index >= 15 is 0 Å². The Hall–Kier alpha value is -1.39. The Morgan fingerprint density at radius 1 is 1.19 bits per heavy atom. The highest BCUT2D eigenvalue weighted by atomic mass is 32.1. The van der Waals surface area contributed by atoms with E-state index in [0.29, 0.717) is 12.5 Å². The molecule has 0 bridgehead atoms. The number of aromatic nitrogens is 1. The maximum atomic E-state index is 6.04. The van der Waals surface area contributed by atoms with Gasteiger partial charge < -0.3 is 10.5 Å². The van der Waals surface area contributed by atoms with Crippen molar-refractivity contribution < 1.29 is 4.74 Å². The molecular weight excluding hydrogens is 280 g/mol. The van der Waals surface area contributed by atoms with E-state index in [9.17, 15) is 0 Å². The molecule has 0 amide bonds. The topological polar surface area (TPSA) is 48.1 Å². The molecule has 0 aliphatic heterocycles. The molecule has 2 aromatic rings. The second kappa shape index (κ2) is 6.58. The highest BCUT2D eigenvalue weighted by molar-refractivity contribution is 7.11. The van der Waals surface area contributed by atoms with Crippen molar-refractivity contribution in [2.45, 2.75) is 53.2 Å². The molecular formula is C17H24N2OS. The highest BCUT2D eigenvalue weighted by Crippen LogP contribution is 2.30. The minimum absolute atomic E-state index is 0.0234. The molecule has 1 aromatic carbocycles. The van der Waals surface area contributed by atoms with E-state index in [2.05, 4.69) is 39.8 Å². The van der Waals surface area contributed by atoms with Gasteiger partial charge >= 0.3 is 0 Å². The number of nitrogens with two attached hydrogens (primary N) is 1.